The highest BCUT2D eigenvalue weighted by Gasteiger charge is 2.28. The van der Waals surface area contributed by atoms with Crippen molar-refractivity contribution in [2.75, 3.05) is 23.1 Å². The van der Waals surface area contributed by atoms with Gasteiger partial charge in [0.2, 0.25) is 0 Å². The number of fused-ring (bicyclic) bond motifs is 2. The van der Waals surface area contributed by atoms with Crippen LogP contribution in [0, 0.1) is 6.92 Å². The number of amides is 1. The van der Waals surface area contributed by atoms with Crippen LogP contribution < -0.4 is 10.0 Å². The summed E-state index contributed by atoms with van der Waals surface area (Å²) in [6, 6.07) is 14.5. The maximum atomic E-state index is 13.5. The Morgan fingerprint density at radius 3 is 2.61 bits per heavy atom. The van der Waals surface area contributed by atoms with E-state index in [1.807, 2.05) is 24.3 Å². The maximum absolute atomic E-state index is 13.5. The first-order valence-corrected chi connectivity index (χ1v) is 14.8. The van der Waals surface area contributed by atoms with Crippen LogP contribution in [0.4, 0.5) is 11.5 Å². The molecule has 0 saturated heterocycles. The zero-order valence-electron chi connectivity index (χ0n) is 23.0. The minimum absolute atomic E-state index is 0.0258. The molecule has 4 aromatic rings. The third kappa shape index (κ3) is 6.23. The van der Waals surface area contributed by atoms with Gasteiger partial charge in [-0.15, -0.1) is 0 Å². The highest BCUT2D eigenvalue weighted by molar-refractivity contribution is 7.92. The van der Waals surface area contributed by atoms with Gasteiger partial charge in [0.25, 0.3) is 15.9 Å². The topological polar surface area (TPSA) is 144 Å². The fourth-order valence-corrected chi connectivity index (χ4v) is 5.82. The van der Waals surface area contributed by atoms with Crippen molar-refractivity contribution < 1.29 is 27.3 Å². The Labute approximate surface area is 237 Å². The zero-order valence-corrected chi connectivity index (χ0v) is 23.8. The number of sulfonamides is 1. The number of anilines is 2. The summed E-state index contributed by atoms with van der Waals surface area (Å²) in [5.41, 5.74) is 3.21. The number of rotatable bonds is 9. The number of hydrogen-bond donors (Lipinski definition) is 2. The second kappa shape index (κ2) is 11.7. The van der Waals surface area contributed by atoms with Gasteiger partial charge in [-0.3, -0.25) is 19.4 Å². The van der Waals surface area contributed by atoms with Crippen molar-refractivity contribution >= 4 is 44.3 Å². The predicted octanol–water partition coefficient (Wildman–Crippen LogP) is 4.28. The van der Waals surface area contributed by atoms with Crippen LogP contribution in [0.5, 0.6) is 0 Å². The third-order valence-corrected chi connectivity index (χ3v) is 8.19. The van der Waals surface area contributed by atoms with Gasteiger partial charge in [0.1, 0.15) is 5.76 Å². The number of ether oxygens (including phenoxy) is 1. The molecule has 214 valence electrons. The van der Waals surface area contributed by atoms with E-state index in [9.17, 15) is 18.0 Å². The Bertz CT molecular complexity index is 1700. The average molecular weight is 578 g/mol. The van der Waals surface area contributed by atoms with Gasteiger partial charge < -0.3 is 14.6 Å². The second-order valence-electron chi connectivity index (χ2n) is 9.94. The summed E-state index contributed by atoms with van der Waals surface area (Å²) in [7, 11) is -3.90. The summed E-state index contributed by atoms with van der Waals surface area (Å²) in [5.74, 6) is -0.607. The molecule has 1 amide bonds. The first kappa shape index (κ1) is 28.2. The largest absolute Gasteiger partial charge is 0.449 e. The van der Waals surface area contributed by atoms with E-state index in [1.54, 1.807) is 6.92 Å². The number of nitrogens with zero attached hydrogens (tertiary/aromatic N) is 3. The van der Waals surface area contributed by atoms with Crippen molar-refractivity contribution in [2.45, 2.75) is 51.2 Å². The number of aryl methyl sites for hydroxylation is 1. The first-order chi connectivity index (χ1) is 19.6. The second-order valence-corrected chi connectivity index (χ2v) is 11.6. The molecule has 0 fully saturated rings. The van der Waals surface area contributed by atoms with E-state index >= 15 is 0 Å². The number of para-hydroxylation sites is 1. The van der Waals surface area contributed by atoms with Gasteiger partial charge in [0.05, 0.1) is 16.0 Å². The van der Waals surface area contributed by atoms with Crippen LogP contribution in [0.25, 0.3) is 10.9 Å². The molecule has 1 aliphatic rings. The predicted molar refractivity (Wildman–Crippen MR) is 153 cm³/mol. The van der Waals surface area contributed by atoms with Crippen LogP contribution in [-0.4, -0.2) is 54.5 Å². The fraction of sp³-hybridized carbons (Fsp3) is 0.310. The third-order valence-electron chi connectivity index (χ3n) is 6.82. The van der Waals surface area contributed by atoms with E-state index in [2.05, 4.69) is 27.0 Å². The van der Waals surface area contributed by atoms with Gasteiger partial charge in [0, 0.05) is 47.9 Å². The standard InChI is InChI=1S/C29H31N5O6S/c1-4-14-34-15-13-25-23(17-34)27(22-7-5-6-8-24(22)31-25)29(36)39-19(3)28(35)30-20-9-11-21(12-10-20)41(37,38)33-26-16-18(2)40-32-26/h5-12,16,19H,4,13-15,17H2,1-3H3,(H,30,35)(H,32,33). The first-order valence-electron chi connectivity index (χ1n) is 13.4. The van der Waals surface area contributed by atoms with Gasteiger partial charge in [-0.05, 0) is 57.1 Å². The van der Waals surface area contributed by atoms with E-state index < -0.39 is 28.0 Å². The molecule has 2 aromatic heterocycles. The summed E-state index contributed by atoms with van der Waals surface area (Å²) in [5, 5.41) is 6.99. The molecule has 0 radical (unpaired) electrons. The summed E-state index contributed by atoms with van der Waals surface area (Å²) < 4.78 is 38.1. The van der Waals surface area contributed by atoms with Gasteiger partial charge in [-0.2, -0.15) is 0 Å². The van der Waals surface area contributed by atoms with Gasteiger partial charge in [-0.25, -0.2) is 13.2 Å². The van der Waals surface area contributed by atoms with Crippen LogP contribution in [-0.2, 0) is 32.5 Å². The molecule has 1 aliphatic heterocycles. The number of hydrogen-bond acceptors (Lipinski definition) is 9. The molecule has 5 rings (SSSR count). The molecular formula is C29H31N5O6S. The molecular weight excluding hydrogens is 546 g/mol. The lowest BCUT2D eigenvalue weighted by atomic mass is 9.95. The molecule has 2 aromatic carbocycles. The minimum atomic E-state index is -3.90. The molecule has 0 bridgehead atoms. The maximum Gasteiger partial charge on any atom is 0.339 e. The lowest BCUT2D eigenvalue weighted by Gasteiger charge is -2.29. The van der Waals surface area contributed by atoms with Crippen molar-refractivity contribution in [3.63, 3.8) is 0 Å². The molecule has 0 saturated carbocycles. The highest BCUT2D eigenvalue weighted by atomic mass is 32.2. The summed E-state index contributed by atoms with van der Waals surface area (Å²) in [6.07, 6.45) is 0.620. The number of aromatic nitrogens is 2. The van der Waals surface area contributed by atoms with Crippen LogP contribution in [0.2, 0.25) is 0 Å². The van der Waals surface area contributed by atoms with Crippen molar-refractivity contribution in [3.8, 4) is 0 Å². The van der Waals surface area contributed by atoms with Gasteiger partial charge in [-0.1, -0.05) is 30.3 Å². The monoisotopic (exact) mass is 577 g/mol. The number of esters is 1. The summed E-state index contributed by atoms with van der Waals surface area (Å²) in [4.78, 5) is 33.5. The molecule has 2 N–H and O–H groups in total. The van der Waals surface area contributed by atoms with Crippen molar-refractivity contribution in [3.05, 3.63) is 77.2 Å². The Kier molecular flexibility index (Phi) is 8.04. The molecule has 0 aliphatic carbocycles. The minimum Gasteiger partial charge on any atom is -0.449 e. The Morgan fingerprint density at radius 1 is 1.15 bits per heavy atom. The summed E-state index contributed by atoms with van der Waals surface area (Å²) >= 11 is 0. The van der Waals surface area contributed by atoms with E-state index in [0.717, 1.165) is 37.2 Å². The molecule has 11 nitrogen and oxygen atoms in total. The average Bonchev–Trinajstić information content (AvgIpc) is 3.35. The Hall–Kier alpha value is -4.29. The van der Waals surface area contributed by atoms with Crippen LogP contribution >= 0.6 is 0 Å². The number of benzene rings is 2. The molecule has 0 spiro atoms. The van der Waals surface area contributed by atoms with Crippen molar-refractivity contribution in [2.24, 2.45) is 0 Å². The van der Waals surface area contributed by atoms with Crippen LogP contribution in [0.1, 0.15) is 47.6 Å². The SMILES string of the molecule is CCCN1CCc2nc3ccccc3c(C(=O)OC(C)C(=O)Nc3ccc(S(=O)(=O)Nc4cc(C)on4)cc3)c2C1. The smallest absolute Gasteiger partial charge is 0.339 e. The Balaban J connectivity index is 1.29. The Morgan fingerprint density at radius 2 is 1.90 bits per heavy atom. The number of nitrogens with one attached hydrogen (secondary N) is 2. The molecule has 41 heavy (non-hydrogen) atoms. The van der Waals surface area contributed by atoms with Crippen molar-refractivity contribution in [1.29, 1.82) is 0 Å². The number of carbonyl (C=O) groups is 2. The van der Waals surface area contributed by atoms with Crippen LogP contribution in [0.3, 0.4) is 0 Å². The molecule has 12 heteroatoms. The molecule has 1 unspecified atom stereocenters. The number of pyridine rings is 1. The van der Waals surface area contributed by atoms with Crippen LogP contribution in [0.15, 0.2) is 64.0 Å². The van der Waals surface area contributed by atoms with Crippen molar-refractivity contribution in [1.82, 2.24) is 15.0 Å². The molecule has 1 atom stereocenters. The van der Waals surface area contributed by atoms with E-state index in [4.69, 9.17) is 14.2 Å². The van der Waals surface area contributed by atoms with Gasteiger partial charge in [0.15, 0.2) is 11.9 Å². The summed E-state index contributed by atoms with van der Waals surface area (Å²) in [6.45, 7) is 7.63. The van der Waals surface area contributed by atoms with E-state index in [0.29, 0.717) is 34.5 Å². The van der Waals surface area contributed by atoms with E-state index in [-0.39, 0.29) is 10.7 Å². The quantitative estimate of drug-likeness (QED) is 0.279. The number of carbonyl (C=O) groups excluding carboxylic acids is 2. The molecule has 3 heterocycles. The lowest BCUT2D eigenvalue weighted by Crippen LogP contribution is -2.34. The fourth-order valence-electron chi connectivity index (χ4n) is 4.83. The van der Waals surface area contributed by atoms with E-state index in [1.165, 1.54) is 37.3 Å². The highest BCUT2D eigenvalue weighted by Crippen LogP contribution is 2.29. The lowest BCUT2D eigenvalue weighted by molar-refractivity contribution is -0.123. The van der Waals surface area contributed by atoms with Gasteiger partial charge >= 0.3 is 5.97 Å². The zero-order chi connectivity index (χ0) is 29.1. The normalized spacial score (nSPS) is 14.3.